The van der Waals surface area contributed by atoms with Gasteiger partial charge in [0.2, 0.25) is 0 Å². The fourth-order valence-corrected chi connectivity index (χ4v) is 4.42. The molecule has 0 bridgehead atoms. The average Bonchev–Trinajstić information content (AvgIpc) is 2.53. The molecule has 0 aliphatic heterocycles. The first-order valence-corrected chi connectivity index (χ1v) is 11.4. The summed E-state index contributed by atoms with van der Waals surface area (Å²) in [6.45, 7) is 7.94. The number of rotatable bonds is 17. The molecule has 0 heterocycles. The number of carbonyl (C=O) groups is 1. The lowest BCUT2D eigenvalue weighted by Crippen LogP contribution is -2.24. The van der Waals surface area contributed by atoms with Crippen LogP contribution in [0.25, 0.3) is 0 Å². The molecule has 0 rings (SSSR count). The third kappa shape index (κ3) is 16.3. The second kappa shape index (κ2) is 18.0. The van der Waals surface area contributed by atoms with E-state index in [4.69, 9.17) is 14.2 Å². The summed E-state index contributed by atoms with van der Waals surface area (Å²) in [5.41, 5.74) is 0. The molecule has 0 unspecified atom stereocenters. The number of unbranched alkanes of at least 4 members (excludes halogenated alkanes) is 7. The highest BCUT2D eigenvalue weighted by Crippen LogP contribution is 2.11. The molecule has 0 atom stereocenters. The summed E-state index contributed by atoms with van der Waals surface area (Å²) in [6.07, 6.45) is 10.6. The topological polar surface area (TPSA) is 44.8 Å². The largest absolute Gasteiger partial charge is 0.466 e. The molecule has 0 aromatic rings. The highest BCUT2D eigenvalue weighted by molar-refractivity contribution is 6.36. The molecule has 0 spiro atoms. The summed E-state index contributed by atoms with van der Waals surface area (Å²) < 4.78 is 16.1. The number of ether oxygens (including phenoxy) is 3. The molecule has 0 aromatic carbocycles. The second-order valence-electron chi connectivity index (χ2n) is 5.87. The van der Waals surface area contributed by atoms with Gasteiger partial charge in [0.05, 0.1) is 16.1 Å². The first-order valence-electron chi connectivity index (χ1n) is 9.63. The van der Waals surface area contributed by atoms with Crippen LogP contribution in [0.3, 0.4) is 0 Å². The Morgan fingerprint density at radius 1 is 0.783 bits per heavy atom. The average molecular weight is 347 g/mol. The third-order valence-corrected chi connectivity index (χ3v) is 5.68. The van der Waals surface area contributed by atoms with E-state index < -0.39 is 0 Å². The van der Waals surface area contributed by atoms with Gasteiger partial charge in [-0.15, -0.1) is 0 Å². The van der Waals surface area contributed by atoms with Crippen molar-refractivity contribution in [3.05, 3.63) is 0 Å². The molecular formula is C18H38O4Si. The van der Waals surface area contributed by atoms with Crippen LogP contribution in [0.2, 0.25) is 6.04 Å². The molecule has 5 heteroatoms. The van der Waals surface area contributed by atoms with E-state index in [2.05, 4.69) is 0 Å². The van der Waals surface area contributed by atoms with Gasteiger partial charge in [-0.1, -0.05) is 51.0 Å². The molecule has 0 saturated carbocycles. The van der Waals surface area contributed by atoms with Gasteiger partial charge < -0.3 is 14.2 Å². The van der Waals surface area contributed by atoms with Crippen molar-refractivity contribution in [1.82, 2.24) is 0 Å². The third-order valence-electron chi connectivity index (χ3n) is 3.83. The Labute approximate surface area is 145 Å². The first kappa shape index (κ1) is 22.6. The van der Waals surface area contributed by atoms with Crippen LogP contribution in [0.15, 0.2) is 0 Å². The Bertz CT molecular complexity index is 255. The number of esters is 1. The van der Waals surface area contributed by atoms with Crippen LogP contribution in [0.1, 0.15) is 78.6 Å². The summed E-state index contributed by atoms with van der Waals surface area (Å²) in [4.78, 5) is 11.2. The Morgan fingerprint density at radius 2 is 1.30 bits per heavy atom. The predicted molar refractivity (Wildman–Crippen MR) is 98.6 cm³/mol. The van der Waals surface area contributed by atoms with E-state index in [1.165, 1.54) is 44.6 Å². The Kier molecular flexibility index (Phi) is 17.6. The molecule has 0 radical (unpaired) electrons. The van der Waals surface area contributed by atoms with Gasteiger partial charge in [0.25, 0.3) is 0 Å². The van der Waals surface area contributed by atoms with Gasteiger partial charge >= 0.3 is 5.97 Å². The SMILES string of the molecule is CCOC(=O)CCCCCCCCCC[SiH2]C(OCC)OCC. The van der Waals surface area contributed by atoms with Crippen molar-refractivity contribution in [3.63, 3.8) is 0 Å². The van der Waals surface area contributed by atoms with Crippen molar-refractivity contribution >= 4 is 15.5 Å². The van der Waals surface area contributed by atoms with Crippen LogP contribution in [0, 0.1) is 0 Å². The van der Waals surface area contributed by atoms with Gasteiger partial charge in [-0.25, -0.2) is 0 Å². The highest BCUT2D eigenvalue weighted by Gasteiger charge is 2.07. The lowest BCUT2D eigenvalue weighted by molar-refractivity contribution is -0.143. The monoisotopic (exact) mass is 346 g/mol. The van der Waals surface area contributed by atoms with Crippen LogP contribution in [-0.4, -0.2) is 41.2 Å². The molecule has 0 aliphatic carbocycles. The summed E-state index contributed by atoms with van der Waals surface area (Å²) in [5, 5.41) is 0. The molecule has 0 saturated heterocycles. The van der Waals surface area contributed by atoms with Crippen LogP contribution in [-0.2, 0) is 19.0 Å². The zero-order valence-electron chi connectivity index (χ0n) is 15.6. The maximum atomic E-state index is 11.2. The van der Waals surface area contributed by atoms with Crippen molar-refractivity contribution in [2.24, 2.45) is 0 Å². The van der Waals surface area contributed by atoms with E-state index in [1.54, 1.807) is 0 Å². The smallest absolute Gasteiger partial charge is 0.305 e. The standard InChI is InChI=1S/C18H38O4Si/c1-4-20-17(19)15-13-11-9-7-8-10-12-14-16-23-18(21-5-2)22-6-3/h18H,4-16,23H2,1-3H3. The van der Waals surface area contributed by atoms with Crippen LogP contribution in [0.4, 0.5) is 0 Å². The molecule has 23 heavy (non-hydrogen) atoms. The molecule has 0 amide bonds. The van der Waals surface area contributed by atoms with Crippen molar-refractivity contribution < 1.29 is 19.0 Å². The fourth-order valence-electron chi connectivity index (χ4n) is 2.64. The number of hydrogen-bond acceptors (Lipinski definition) is 4. The van der Waals surface area contributed by atoms with E-state index in [-0.39, 0.29) is 21.4 Å². The Hall–Kier alpha value is -0.393. The second-order valence-corrected chi connectivity index (χ2v) is 7.82. The lowest BCUT2D eigenvalue weighted by Gasteiger charge is -2.16. The predicted octanol–water partition coefficient (Wildman–Crippen LogP) is 4.00. The normalized spacial score (nSPS) is 11.7. The first-order chi connectivity index (χ1) is 11.2. The quantitative estimate of drug-likeness (QED) is 0.173. The minimum atomic E-state index is -0.248. The number of hydrogen-bond donors (Lipinski definition) is 0. The van der Waals surface area contributed by atoms with Gasteiger partial charge in [-0.3, -0.25) is 4.79 Å². The molecule has 0 aromatic heterocycles. The minimum absolute atomic E-state index is 0.0472. The minimum Gasteiger partial charge on any atom is -0.466 e. The fraction of sp³-hybridized carbons (Fsp3) is 0.944. The van der Waals surface area contributed by atoms with Crippen molar-refractivity contribution in [2.45, 2.75) is 90.5 Å². The summed E-state index contributed by atoms with van der Waals surface area (Å²) in [7, 11) is -0.248. The molecule has 138 valence electrons. The van der Waals surface area contributed by atoms with E-state index >= 15 is 0 Å². The van der Waals surface area contributed by atoms with Crippen molar-refractivity contribution in [3.8, 4) is 0 Å². The van der Waals surface area contributed by atoms with Gasteiger partial charge in [0.1, 0.15) is 5.91 Å². The Morgan fingerprint density at radius 3 is 1.83 bits per heavy atom. The zero-order valence-corrected chi connectivity index (χ0v) is 17.0. The maximum Gasteiger partial charge on any atom is 0.305 e. The lowest BCUT2D eigenvalue weighted by atomic mass is 10.1. The molecular weight excluding hydrogens is 308 g/mol. The highest BCUT2D eigenvalue weighted by atomic mass is 28.2. The van der Waals surface area contributed by atoms with Crippen molar-refractivity contribution in [1.29, 1.82) is 0 Å². The summed E-state index contributed by atoms with van der Waals surface area (Å²) >= 11 is 0. The molecule has 0 aliphatic rings. The Balaban J connectivity index is 3.25. The van der Waals surface area contributed by atoms with Crippen LogP contribution < -0.4 is 0 Å². The maximum absolute atomic E-state index is 11.2. The number of carbonyl (C=O) groups excluding carboxylic acids is 1. The molecule has 0 N–H and O–H groups in total. The van der Waals surface area contributed by atoms with E-state index in [0.29, 0.717) is 13.0 Å². The van der Waals surface area contributed by atoms with Crippen LogP contribution >= 0.6 is 0 Å². The van der Waals surface area contributed by atoms with E-state index in [9.17, 15) is 4.79 Å². The van der Waals surface area contributed by atoms with Gasteiger partial charge in [-0.2, -0.15) is 0 Å². The summed E-state index contributed by atoms with van der Waals surface area (Å²) in [5.74, 6) is 0.0819. The van der Waals surface area contributed by atoms with E-state index in [1.807, 2.05) is 20.8 Å². The van der Waals surface area contributed by atoms with Gasteiger partial charge in [0.15, 0.2) is 0 Å². The zero-order chi connectivity index (χ0) is 17.2. The molecule has 0 fully saturated rings. The van der Waals surface area contributed by atoms with E-state index in [0.717, 1.165) is 26.1 Å². The van der Waals surface area contributed by atoms with Gasteiger partial charge in [-0.05, 0) is 27.2 Å². The van der Waals surface area contributed by atoms with Crippen molar-refractivity contribution in [2.75, 3.05) is 19.8 Å². The summed E-state index contributed by atoms with van der Waals surface area (Å²) in [6, 6.07) is 1.32. The van der Waals surface area contributed by atoms with Crippen LogP contribution in [0.5, 0.6) is 0 Å². The molecule has 4 nitrogen and oxygen atoms in total. The van der Waals surface area contributed by atoms with Gasteiger partial charge in [0, 0.05) is 19.6 Å².